The Bertz CT molecular complexity index is 314. The number of carbonyl (C=O) groups excluding carboxylic acids is 1. The summed E-state index contributed by atoms with van der Waals surface area (Å²) in [7, 11) is 0. The first-order valence-electron chi connectivity index (χ1n) is 3.32. The lowest BCUT2D eigenvalue weighted by atomic mass is 10.3. The van der Waals surface area contributed by atoms with Crippen LogP contribution in [0.1, 0.15) is 6.92 Å². The summed E-state index contributed by atoms with van der Waals surface area (Å²) in [6.45, 7) is 1.45. The van der Waals surface area contributed by atoms with E-state index in [1.54, 1.807) is 18.2 Å². The van der Waals surface area contributed by atoms with Gasteiger partial charge in [-0.15, -0.1) is 0 Å². The Morgan fingerprint density at radius 2 is 2.25 bits per heavy atom. The minimum Gasteiger partial charge on any atom is -0.325 e. The van der Waals surface area contributed by atoms with E-state index in [0.717, 1.165) is 4.47 Å². The van der Waals surface area contributed by atoms with Crippen molar-refractivity contribution in [2.45, 2.75) is 6.92 Å². The summed E-state index contributed by atoms with van der Waals surface area (Å²) in [6, 6.07) is 5.22. The number of rotatable bonds is 1. The van der Waals surface area contributed by atoms with E-state index in [2.05, 4.69) is 21.2 Å². The molecule has 4 heteroatoms. The van der Waals surface area contributed by atoms with E-state index < -0.39 is 0 Å². The standard InChI is InChI=1S/C8H7BrClNO/c1-5(12)11-8-4-6(10)2-3-7(8)9/h2-4H,1H3,(H,11,12). The molecule has 0 aromatic heterocycles. The number of nitrogens with one attached hydrogen (secondary N) is 1. The van der Waals surface area contributed by atoms with Gasteiger partial charge in [-0.25, -0.2) is 0 Å². The second-order valence-corrected chi connectivity index (χ2v) is 3.60. The molecule has 1 N–H and O–H groups in total. The minimum absolute atomic E-state index is 0.113. The third-order valence-corrected chi connectivity index (χ3v) is 2.17. The fraction of sp³-hybridized carbons (Fsp3) is 0.125. The molecule has 0 aliphatic heterocycles. The Morgan fingerprint density at radius 1 is 1.58 bits per heavy atom. The van der Waals surface area contributed by atoms with Crippen LogP contribution in [0.25, 0.3) is 0 Å². The van der Waals surface area contributed by atoms with Crippen LogP contribution in [0.4, 0.5) is 5.69 Å². The van der Waals surface area contributed by atoms with Crippen molar-refractivity contribution in [3.8, 4) is 0 Å². The lowest BCUT2D eigenvalue weighted by Gasteiger charge is -2.04. The predicted octanol–water partition coefficient (Wildman–Crippen LogP) is 3.06. The molecule has 0 spiro atoms. The number of halogens is 2. The summed E-state index contributed by atoms with van der Waals surface area (Å²) < 4.78 is 0.821. The molecular weight excluding hydrogens is 241 g/mol. The molecule has 0 aliphatic carbocycles. The topological polar surface area (TPSA) is 29.1 Å². The van der Waals surface area contributed by atoms with Crippen molar-refractivity contribution in [1.82, 2.24) is 0 Å². The Morgan fingerprint density at radius 3 is 2.83 bits per heavy atom. The van der Waals surface area contributed by atoms with Gasteiger partial charge in [0, 0.05) is 16.4 Å². The molecule has 1 amide bonds. The van der Waals surface area contributed by atoms with E-state index >= 15 is 0 Å². The van der Waals surface area contributed by atoms with Crippen molar-refractivity contribution < 1.29 is 4.79 Å². The summed E-state index contributed by atoms with van der Waals surface area (Å²) in [5, 5.41) is 3.24. The molecule has 0 saturated carbocycles. The quantitative estimate of drug-likeness (QED) is 0.813. The lowest BCUT2D eigenvalue weighted by Crippen LogP contribution is -2.05. The van der Waals surface area contributed by atoms with Crippen LogP contribution in [0, 0.1) is 0 Å². The zero-order chi connectivity index (χ0) is 9.14. The molecule has 64 valence electrons. The molecule has 1 aromatic carbocycles. The Labute approximate surface area is 84.0 Å². The number of carbonyl (C=O) groups is 1. The average molecular weight is 249 g/mol. The monoisotopic (exact) mass is 247 g/mol. The van der Waals surface area contributed by atoms with E-state index in [-0.39, 0.29) is 5.91 Å². The lowest BCUT2D eigenvalue weighted by molar-refractivity contribution is -0.114. The van der Waals surface area contributed by atoms with Gasteiger partial charge in [0.2, 0.25) is 5.91 Å². The van der Waals surface area contributed by atoms with Gasteiger partial charge in [-0.3, -0.25) is 4.79 Å². The highest BCUT2D eigenvalue weighted by Crippen LogP contribution is 2.25. The Hall–Kier alpha value is -0.540. The summed E-state index contributed by atoms with van der Waals surface area (Å²) in [5.74, 6) is -0.113. The van der Waals surface area contributed by atoms with Crippen LogP contribution in [-0.2, 0) is 4.79 Å². The van der Waals surface area contributed by atoms with E-state index in [9.17, 15) is 4.79 Å². The highest BCUT2D eigenvalue weighted by molar-refractivity contribution is 9.10. The zero-order valence-electron chi connectivity index (χ0n) is 6.40. The van der Waals surface area contributed by atoms with Crippen LogP contribution in [0.5, 0.6) is 0 Å². The van der Waals surface area contributed by atoms with Crippen LogP contribution in [0.3, 0.4) is 0 Å². The van der Waals surface area contributed by atoms with Crippen LogP contribution < -0.4 is 5.32 Å². The highest BCUT2D eigenvalue weighted by atomic mass is 79.9. The predicted molar refractivity (Wildman–Crippen MR) is 53.5 cm³/mol. The van der Waals surface area contributed by atoms with Gasteiger partial charge in [-0.2, -0.15) is 0 Å². The number of amides is 1. The highest BCUT2D eigenvalue weighted by Gasteiger charge is 2.01. The van der Waals surface area contributed by atoms with Gasteiger partial charge in [0.25, 0.3) is 0 Å². The molecule has 0 radical (unpaired) electrons. The van der Waals surface area contributed by atoms with E-state index in [1.165, 1.54) is 6.92 Å². The third kappa shape index (κ3) is 2.50. The number of hydrogen-bond donors (Lipinski definition) is 1. The van der Waals surface area contributed by atoms with Crippen molar-refractivity contribution in [3.05, 3.63) is 27.7 Å². The summed E-state index contributed by atoms with van der Waals surface area (Å²) in [6.07, 6.45) is 0. The molecule has 0 saturated heterocycles. The van der Waals surface area contributed by atoms with Crippen LogP contribution in [-0.4, -0.2) is 5.91 Å². The van der Waals surface area contributed by atoms with Gasteiger partial charge in [-0.05, 0) is 34.1 Å². The van der Waals surface area contributed by atoms with E-state index in [0.29, 0.717) is 10.7 Å². The van der Waals surface area contributed by atoms with Gasteiger partial charge in [0.15, 0.2) is 0 Å². The largest absolute Gasteiger partial charge is 0.325 e. The smallest absolute Gasteiger partial charge is 0.221 e. The molecule has 1 aromatic rings. The average Bonchev–Trinajstić information content (AvgIpc) is 1.96. The molecule has 1 rings (SSSR count). The molecule has 0 aliphatic rings. The minimum atomic E-state index is -0.113. The van der Waals surface area contributed by atoms with Crippen molar-refractivity contribution >= 4 is 39.1 Å². The van der Waals surface area contributed by atoms with Crippen LogP contribution >= 0.6 is 27.5 Å². The van der Waals surface area contributed by atoms with Crippen molar-refractivity contribution in [2.24, 2.45) is 0 Å². The Balaban J connectivity index is 2.97. The second kappa shape index (κ2) is 3.92. The molecule has 0 heterocycles. The maximum Gasteiger partial charge on any atom is 0.221 e. The van der Waals surface area contributed by atoms with Gasteiger partial charge in [-0.1, -0.05) is 11.6 Å². The maximum absolute atomic E-state index is 10.7. The fourth-order valence-corrected chi connectivity index (χ4v) is 1.30. The molecule has 12 heavy (non-hydrogen) atoms. The molecular formula is C8H7BrClNO. The molecule has 0 fully saturated rings. The van der Waals surface area contributed by atoms with Crippen LogP contribution in [0.15, 0.2) is 22.7 Å². The van der Waals surface area contributed by atoms with Gasteiger partial charge in [0.05, 0.1) is 5.69 Å². The summed E-state index contributed by atoms with van der Waals surface area (Å²) in [4.78, 5) is 10.7. The first kappa shape index (κ1) is 9.55. The van der Waals surface area contributed by atoms with Crippen molar-refractivity contribution in [2.75, 3.05) is 5.32 Å². The molecule has 0 bridgehead atoms. The summed E-state index contributed by atoms with van der Waals surface area (Å²) >= 11 is 9.01. The third-order valence-electron chi connectivity index (χ3n) is 1.24. The SMILES string of the molecule is CC(=O)Nc1cc(Cl)ccc1Br. The van der Waals surface area contributed by atoms with Crippen LogP contribution in [0.2, 0.25) is 5.02 Å². The zero-order valence-corrected chi connectivity index (χ0v) is 8.74. The first-order chi connectivity index (χ1) is 5.59. The molecule has 2 nitrogen and oxygen atoms in total. The van der Waals surface area contributed by atoms with Gasteiger partial charge in [0.1, 0.15) is 0 Å². The van der Waals surface area contributed by atoms with E-state index in [4.69, 9.17) is 11.6 Å². The molecule has 0 atom stereocenters. The maximum atomic E-state index is 10.7. The van der Waals surface area contributed by atoms with Gasteiger partial charge < -0.3 is 5.32 Å². The Kier molecular flexibility index (Phi) is 3.12. The van der Waals surface area contributed by atoms with Crippen molar-refractivity contribution in [1.29, 1.82) is 0 Å². The van der Waals surface area contributed by atoms with Crippen molar-refractivity contribution in [3.63, 3.8) is 0 Å². The molecule has 0 unspecified atom stereocenters. The fourth-order valence-electron chi connectivity index (χ4n) is 0.783. The van der Waals surface area contributed by atoms with E-state index in [1.807, 2.05) is 0 Å². The number of benzene rings is 1. The first-order valence-corrected chi connectivity index (χ1v) is 4.49. The second-order valence-electron chi connectivity index (χ2n) is 2.31. The number of anilines is 1. The van der Waals surface area contributed by atoms with Gasteiger partial charge >= 0.3 is 0 Å². The number of hydrogen-bond acceptors (Lipinski definition) is 1. The normalized spacial score (nSPS) is 9.58. The summed E-state index contributed by atoms with van der Waals surface area (Å²) in [5.41, 5.74) is 0.690.